The van der Waals surface area contributed by atoms with Crippen molar-refractivity contribution in [1.29, 1.82) is 0 Å². The van der Waals surface area contributed by atoms with E-state index in [1.807, 2.05) is 61.5 Å². The Kier molecular flexibility index (Phi) is 5.13. The van der Waals surface area contributed by atoms with Crippen molar-refractivity contribution < 1.29 is 4.39 Å². The molecule has 0 N–H and O–H groups in total. The number of halogens is 1. The van der Waals surface area contributed by atoms with Crippen LogP contribution >= 0.6 is 11.8 Å². The van der Waals surface area contributed by atoms with Crippen molar-refractivity contribution in [1.82, 2.24) is 30.4 Å². The average Bonchev–Trinajstić information content (AvgIpc) is 3.31. The predicted molar refractivity (Wildman–Crippen MR) is 118 cm³/mol. The number of hydrogen-bond acceptors (Lipinski definition) is 6. The normalized spacial score (nSPS) is 12.2. The van der Waals surface area contributed by atoms with Gasteiger partial charge in [-0.1, -0.05) is 54.2 Å². The molecule has 2 aromatic heterocycles. The highest BCUT2D eigenvalue weighted by Gasteiger charge is 2.20. The van der Waals surface area contributed by atoms with Gasteiger partial charge in [0.25, 0.3) is 0 Å². The van der Waals surface area contributed by atoms with E-state index in [0.717, 1.165) is 38.6 Å². The second-order valence-electron chi connectivity index (χ2n) is 6.95. The molecule has 0 aliphatic rings. The topological polar surface area (TPSA) is 69.4 Å². The molecule has 0 spiro atoms. The van der Waals surface area contributed by atoms with Crippen LogP contribution in [0.1, 0.15) is 18.0 Å². The lowest BCUT2D eigenvalue weighted by Crippen LogP contribution is -2.05. The molecule has 152 valence electrons. The van der Waals surface area contributed by atoms with Crippen molar-refractivity contribution in [3.8, 4) is 16.9 Å². The van der Waals surface area contributed by atoms with Crippen LogP contribution < -0.4 is 0 Å². The summed E-state index contributed by atoms with van der Waals surface area (Å²) < 4.78 is 15.1. The summed E-state index contributed by atoms with van der Waals surface area (Å²) in [5.41, 5.74) is 2.45. The Morgan fingerprint density at radius 1 is 0.806 bits per heavy atom. The second-order valence-corrected chi connectivity index (χ2v) is 8.28. The number of aromatic nitrogens is 6. The van der Waals surface area contributed by atoms with E-state index in [2.05, 4.69) is 25.7 Å². The van der Waals surface area contributed by atoms with Gasteiger partial charge in [0.2, 0.25) is 0 Å². The molecule has 0 radical (unpaired) electrons. The fraction of sp³-hybridized carbons (Fsp3) is 0.0870. The Balaban J connectivity index is 1.52. The number of hydrogen-bond donors (Lipinski definition) is 0. The van der Waals surface area contributed by atoms with Gasteiger partial charge in [0.1, 0.15) is 16.5 Å². The molecular formula is C23H17FN6S. The van der Waals surface area contributed by atoms with Gasteiger partial charge in [-0.25, -0.2) is 4.39 Å². The molecule has 5 rings (SSSR count). The van der Waals surface area contributed by atoms with Gasteiger partial charge in [-0.3, -0.25) is 0 Å². The van der Waals surface area contributed by atoms with Crippen molar-refractivity contribution in [2.45, 2.75) is 17.2 Å². The van der Waals surface area contributed by atoms with Crippen molar-refractivity contribution >= 4 is 22.5 Å². The number of tetrazole rings is 1. The van der Waals surface area contributed by atoms with Crippen molar-refractivity contribution in [3.05, 3.63) is 90.5 Å². The van der Waals surface area contributed by atoms with E-state index in [1.54, 1.807) is 28.6 Å². The zero-order chi connectivity index (χ0) is 21.2. The summed E-state index contributed by atoms with van der Waals surface area (Å²) >= 11 is 1.55. The maximum absolute atomic E-state index is 13.4. The molecule has 8 heteroatoms. The van der Waals surface area contributed by atoms with Crippen LogP contribution in [0, 0.1) is 5.82 Å². The Morgan fingerprint density at radius 3 is 2.29 bits per heavy atom. The minimum atomic E-state index is -0.279. The van der Waals surface area contributed by atoms with E-state index >= 15 is 0 Å². The zero-order valence-electron chi connectivity index (χ0n) is 16.6. The SMILES string of the molecule is C[C@H](Sc1nnc(-c2ccc(F)cc2)c2ccccc12)c1nnnn1-c1ccccc1. The molecule has 2 heterocycles. The van der Waals surface area contributed by atoms with E-state index < -0.39 is 0 Å². The van der Waals surface area contributed by atoms with Crippen LogP contribution in [0.15, 0.2) is 83.9 Å². The standard InChI is InChI=1S/C23H17FN6S/c1-15(22-26-28-29-30(22)18-7-3-2-4-8-18)31-23-20-10-6-5-9-19(20)21(25-27-23)16-11-13-17(24)14-12-16/h2-15H,1H3/t15-/m0/s1. The molecule has 0 amide bonds. The van der Waals surface area contributed by atoms with E-state index in [9.17, 15) is 4.39 Å². The highest BCUT2D eigenvalue weighted by molar-refractivity contribution is 7.99. The number of thioether (sulfide) groups is 1. The van der Waals surface area contributed by atoms with E-state index in [0.29, 0.717) is 0 Å². The lowest BCUT2D eigenvalue weighted by molar-refractivity contribution is 0.628. The summed E-state index contributed by atoms with van der Waals surface area (Å²) in [5, 5.41) is 23.9. The highest BCUT2D eigenvalue weighted by Crippen LogP contribution is 2.38. The molecule has 0 unspecified atom stereocenters. The van der Waals surface area contributed by atoms with Gasteiger partial charge in [0, 0.05) is 16.3 Å². The minimum Gasteiger partial charge on any atom is -0.207 e. The van der Waals surface area contributed by atoms with Crippen LogP contribution in [-0.2, 0) is 0 Å². The largest absolute Gasteiger partial charge is 0.207 e. The van der Waals surface area contributed by atoms with Crippen molar-refractivity contribution in [3.63, 3.8) is 0 Å². The number of fused-ring (bicyclic) bond motifs is 1. The second kappa shape index (κ2) is 8.23. The van der Waals surface area contributed by atoms with Gasteiger partial charge in [0.05, 0.1) is 10.9 Å². The van der Waals surface area contributed by atoms with Crippen LogP contribution in [-0.4, -0.2) is 30.4 Å². The highest BCUT2D eigenvalue weighted by atomic mass is 32.2. The third-order valence-corrected chi connectivity index (χ3v) is 6.01. The van der Waals surface area contributed by atoms with Gasteiger partial charge < -0.3 is 0 Å². The van der Waals surface area contributed by atoms with E-state index in [1.165, 1.54) is 12.1 Å². The Labute approximate surface area is 182 Å². The van der Waals surface area contributed by atoms with Gasteiger partial charge in [-0.05, 0) is 53.7 Å². The summed E-state index contributed by atoms with van der Waals surface area (Å²) in [5.74, 6) is 0.447. The molecule has 31 heavy (non-hydrogen) atoms. The quantitative estimate of drug-likeness (QED) is 0.356. The number of benzene rings is 3. The van der Waals surface area contributed by atoms with Gasteiger partial charge in [0.15, 0.2) is 5.82 Å². The van der Waals surface area contributed by atoms with Crippen LogP contribution in [0.2, 0.25) is 0 Å². The van der Waals surface area contributed by atoms with Crippen molar-refractivity contribution in [2.75, 3.05) is 0 Å². The van der Waals surface area contributed by atoms with Crippen LogP contribution in [0.5, 0.6) is 0 Å². The molecule has 0 aliphatic heterocycles. The summed E-state index contributed by atoms with van der Waals surface area (Å²) in [4.78, 5) is 0. The molecule has 3 aromatic carbocycles. The Bertz CT molecular complexity index is 1340. The van der Waals surface area contributed by atoms with Gasteiger partial charge in [-0.15, -0.1) is 15.3 Å². The van der Waals surface area contributed by atoms with Crippen LogP contribution in [0.3, 0.4) is 0 Å². The van der Waals surface area contributed by atoms with Crippen LogP contribution in [0.4, 0.5) is 4.39 Å². The third kappa shape index (κ3) is 3.77. The summed E-state index contributed by atoms with van der Waals surface area (Å²) in [6.07, 6.45) is 0. The third-order valence-electron chi connectivity index (χ3n) is 4.92. The Hall–Kier alpha value is -3.65. The molecule has 6 nitrogen and oxygen atoms in total. The fourth-order valence-electron chi connectivity index (χ4n) is 3.41. The number of para-hydroxylation sites is 1. The fourth-order valence-corrected chi connectivity index (χ4v) is 4.39. The molecule has 0 aliphatic carbocycles. The monoisotopic (exact) mass is 428 g/mol. The summed E-state index contributed by atoms with van der Waals surface area (Å²) in [7, 11) is 0. The summed E-state index contributed by atoms with van der Waals surface area (Å²) in [6, 6.07) is 24.0. The first-order chi connectivity index (χ1) is 15.2. The smallest absolute Gasteiger partial charge is 0.169 e. The molecular weight excluding hydrogens is 411 g/mol. The maximum atomic E-state index is 13.4. The van der Waals surface area contributed by atoms with Crippen LogP contribution in [0.25, 0.3) is 27.7 Å². The number of rotatable bonds is 5. The molecule has 0 fully saturated rings. The molecule has 0 saturated carbocycles. The molecule has 1 atom stereocenters. The van der Waals surface area contributed by atoms with E-state index in [4.69, 9.17) is 0 Å². The lowest BCUT2D eigenvalue weighted by atomic mass is 10.1. The summed E-state index contributed by atoms with van der Waals surface area (Å²) in [6.45, 7) is 2.04. The lowest BCUT2D eigenvalue weighted by Gasteiger charge is -2.13. The maximum Gasteiger partial charge on any atom is 0.169 e. The van der Waals surface area contributed by atoms with E-state index in [-0.39, 0.29) is 11.1 Å². The van der Waals surface area contributed by atoms with Gasteiger partial charge in [-0.2, -0.15) is 4.68 Å². The molecule has 5 aromatic rings. The number of nitrogens with zero attached hydrogens (tertiary/aromatic N) is 6. The molecule has 0 bridgehead atoms. The first-order valence-electron chi connectivity index (χ1n) is 9.72. The van der Waals surface area contributed by atoms with Crippen molar-refractivity contribution in [2.24, 2.45) is 0 Å². The minimum absolute atomic E-state index is 0.0652. The molecule has 0 saturated heterocycles. The first kappa shape index (κ1) is 19.3. The first-order valence-corrected chi connectivity index (χ1v) is 10.6. The average molecular weight is 428 g/mol. The Morgan fingerprint density at radius 2 is 1.52 bits per heavy atom. The zero-order valence-corrected chi connectivity index (χ0v) is 17.4. The predicted octanol–water partition coefficient (Wildman–Crippen LogP) is 5.26. The van der Waals surface area contributed by atoms with Gasteiger partial charge >= 0.3 is 0 Å².